The number of anilines is 1. The van der Waals surface area contributed by atoms with E-state index in [2.05, 4.69) is 9.82 Å². The smallest absolute Gasteiger partial charge is 0.266 e. The van der Waals surface area contributed by atoms with Gasteiger partial charge in [0.2, 0.25) is 0 Å². The summed E-state index contributed by atoms with van der Waals surface area (Å²) < 4.78 is 54.9. The summed E-state index contributed by atoms with van der Waals surface area (Å²) in [5, 5.41) is 4.08. The number of halogens is 2. The molecule has 3 aromatic rings. The Hall–Kier alpha value is -2.74. The first-order valence-corrected chi connectivity index (χ1v) is 8.48. The van der Waals surface area contributed by atoms with E-state index in [1.807, 2.05) is 30.3 Å². The van der Waals surface area contributed by atoms with E-state index in [4.69, 9.17) is 0 Å². The van der Waals surface area contributed by atoms with Crippen LogP contribution in [0.1, 0.15) is 5.56 Å². The summed E-state index contributed by atoms with van der Waals surface area (Å²) in [6, 6.07) is 13.2. The average Bonchev–Trinajstić information content (AvgIpc) is 2.97. The van der Waals surface area contributed by atoms with Crippen LogP contribution in [0.5, 0.6) is 0 Å². The van der Waals surface area contributed by atoms with E-state index >= 15 is 0 Å². The molecular formula is C16H13F2N3O2S. The van der Waals surface area contributed by atoms with Crippen molar-refractivity contribution in [2.45, 2.75) is 11.4 Å². The van der Waals surface area contributed by atoms with Gasteiger partial charge in [-0.25, -0.2) is 17.2 Å². The van der Waals surface area contributed by atoms with Crippen LogP contribution in [0.4, 0.5) is 14.6 Å². The summed E-state index contributed by atoms with van der Waals surface area (Å²) in [6.45, 7) is 0.455. The highest BCUT2D eigenvalue weighted by atomic mass is 32.2. The molecule has 24 heavy (non-hydrogen) atoms. The molecule has 0 spiro atoms. The first-order valence-electron chi connectivity index (χ1n) is 6.99. The molecule has 5 nitrogen and oxygen atoms in total. The van der Waals surface area contributed by atoms with Gasteiger partial charge in [-0.1, -0.05) is 30.3 Å². The maximum Gasteiger partial charge on any atom is 0.266 e. The van der Waals surface area contributed by atoms with Gasteiger partial charge in [0.25, 0.3) is 10.0 Å². The van der Waals surface area contributed by atoms with E-state index in [1.165, 1.54) is 10.7 Å². The zero-order valence-electron chi connectivity index (χ0n) is 12.4. The maximum absolute atomic E-state index is 13.6. The number of hydrogen-bond donors (Lipinski definition) is 1. The van der Waals surface area contributed by atoms with Gasteiger partial charge in [-0.15, -0.1) is 0 Å². The molecule has 3 rings (SSSR count). The third-order valence-electron chi connectivity index (χ3n) is 3.25. The Balaban J connectivity index is 1.80. The number of nitrogens with zero attached hydrogens (tertiary/aromatic N) is 2. The van der Waals surface area contributed by atoms with Crippen molar-refractivity contribution in [3.63, 3.8) is 0 Å². The fourth-order valence-corrected chi connectivity index (χ4v) is 3.24. The quantitative estimate of drug-likeness (QED) is 0.770. The Morgan fingerprint density at radius 3 is 2.54 bits per heavy atom. The summed E-state index contributed by atoms with van der Waals surface area (Å²) in [6.07, 6.45) is 1.59. The number of benzene rings is 2. The van der Waals surface area contributed by atoms with Gasteiger partial charge in [0.1, 0.15) is 16.5 Å². The summed E-state index contributed by atoms with van der Waals surface area (Å²) in [7, 11) is -4.27. The first-order chi connectivity index (χ1) is 11.4. The van der Waals surface area contributed by atoms with Crippen molar-refractivity contribution >= 4 is 15.8 Å². The lowest BCUT2D eigenvalue weighted by atomic mass is 10.2. The molecule has 0 fully saturated rings. The van der Waals surface area contributed by atoms with Crippen molar-refractivity contribution in [2.24, 2.45) is 0 Å². The molecule has 0 aliphatic heterocycles. The topological polar surface area (TPSA) is 64.0 Å². The van der Waals surface area contributed by atoms with Crippen LogP contribution in [0.25, 0.3) is 0 Å². The minimum Gasteiger partial charge on any atom is -0.266 e. The Morgan fingerprint density at radius 1 is 1.04 bits per heavy atom. The third-order valence-corrected chi connectivity index (χ3v) is 4.62. The van der Waals surface area contributed by atoms with Crippen LogP contribution < -0.4 is 4.72 Å². The van der Waals surface area contributed by atoms with E-state index in [9.17, 15) is 17.2 Å². The Kier molecular flexibility index (Phi) is 4.30. The fraction of sp³-hybridized carbons (Fsp3) is 0.0625. The second kappa shape index (κ2) is 6.40. The van der Waals surface area contributed by atoms with E-state index in [-0.39, 0.29) is 5.82 Å². The van der Waals surface area contributed by atoms with Crippen LogP contribution in [-0.2, 0) is 16.6 Å². The van der Waals surface area contributed by atoms with Crippen LogP contribution in [0.15, 0.2) is 65.7 Å². The van der Waals surface area contributed by atoms with Crippen molar-refractivity contribution in [1.29, 1.82) is 0 Å². The molecule has 0 amide bonds. The molecule has 0 aliphatic carbocycles. The van der Waals surface area contributed by atoms with E-state index in [0.717, 1.165) is 17.7 Å². The van der Waals surface area contributed by atoms with Crippen molar-refractivity contribution < 1.29 is 17.2 Å². The lowest BCUT2D eigenvalue weighted by molar-refractivity contribution is 0.555. The van der Waals surface area contributed by atoms with Crippen LogP contribution in [-0.4, -0.2) is 18.2 Å². The van der Waals surface area contributed by atoms with E-state index in [1.54, 1.807) is 6.20 Å². The molecule has 1 aromatic heterocycles. The van der Waals surface area contributed by atoms with Crippen LogP contribution in [0, 0.1) is 11.6 Å². The second-order valence-corrected chi connectivity index (χ2v) is 6.72. The zero-order valence-corrected chi connectivity index (χ0v) is 13.2. The summed E-state index contributed by atoms with van der Waals surface area (Å²) in [5.41, 5.74) is 0.992. The summed E-state index contributed by atoms with van der Waals surface area (Å²) in [5.74, 6) is -1.85. The minimum atomic E-state index is -4.27. The van der Waals surface area contributed by atoms with Crippen molar-refractivity contribution in [3.8, 4) is 0 Å². The molecule has 0 aliphatic rings. The van der Waals surface area contributed by atoms with E-state index in [0.29, 0.717) is 12.6 Å². The largest absolute Gasteiger partial charge is 0.266 e. The monoisotopic (exact) mass is 349 g/mol. The van der Waals surface area contributed by atoms with Crippen LogP contribution >= 0.6 is 0 Å². The van der Waals surface area contributed by atoms with Gasteiger partial charge in [-0.2, -0.15) is 5.10 Å². The molecular weight excluding hydrogens is 336 g/mol. The molecule has 1 N–H and O–H groups in total. The molecule has 8 heteroatoms. The highest BCUT2D eigenvalue weighted by Crippen LogP contribution is 2.19. The number of aromatic nitrogens is 2. The molecule has 0 unspecified atom stereocenters. The van der Waals surface area contributed by atoms with Gasteiger partial charge in [0.05, 0.1) is 6.54 Å². The highest BCUT2D eigenvalue weighted by Gasteiger charge is 2.21. The Morgan fingerprint density at radius 2 is 1.79 bits per heavy atom. The van der Waals surface area contributed by atoms with Gasteiger partial charge in [0, 0.05) is 12.3 Å². The summed E-state index contributed by atoms with van der Waals surface area (Å²) >= 11 is 0. The van der Waals surface area contributed by atoms with Gasteiger partial charge in [-0.05, 0) is 23.8 Å². The van der Waals surface area contributed by atoms with Gasteiger partial charge in [0.15, 0.2) is 5.82 Å². The predicted octanol–water partition coefficient (Wildman–Crippen LogP) is 3.01. The van der Waals surface area contributed by atoms with Gasteiger partial charge < -0.3 is 0 Å². The lowest BCUT2D eigenvalue weighted by Gasteiger charge is -2.07. The molecule has 0 saturated carbocycles. The van der Waals surface area contributed by atoms with Crippen LogP contribution in [0.2, 0.25) is 0 Å². The normalized spacial score (nSPS) is 11.4. The standard InChI is InChI=1S/C16H13F2N3O2S/c17-13-6-7-14(18)15(10-13)24(22,23)20-16-8-9-21(19-16)11-12-4-2-1-3-5-12/h1-10H,11H2,(H,19,20). The highest BCUT2D eigenvalue weighted by molar-refractivity contribution is 7.92. The predicted molar refractivity (Wildman–Crippen MR) is 84.9 cm³/mol. The van der Waals surface area contributed by atoms with Crippen molar-refractivity contribution in [1.82, 2.24) is 9.78 Å². The number of hydrogen-bond acceptors (Lipinski definition) is 3. The number of sulfonamides is 1. The molecule has 2 aromatic carbocycles. The molecule has 0 radical (unpaired) electrons. The Bertz CT molecular complexity index is 956. The summed E-state index contributed by atoms with van der Waals surface area (Å²) in [4.78, 5) is -0.764. The Labute approximate surface area is 137 Å². The van der Waals surface area contributed by atoms with Gasteiger partial charge >= 0.3 is 0 Å². The average molecular weight is 349 g/mol. The van der Waals surface area contributed by atoms with Crippen molar-refractivity contribution in [3.05, 3.63) is 78.0 Å². The van der Waals surface area contributed by atoms with Crippen molar-refractivity contribution in [2.75, 3.05) is 4.72 Å². The first kappa shape index (κ1) is 16.1. The second-order valence-electron chi connectivity index (χ2n) is 5.06. The SMILES string of the molecule is O=S(=O)(Nc1ccn(Cc2ccccc2)n1)c1cc(F)ccc1F. The minimum absolute atomic E-state index is 0.0228. The van der Waals surface area contributed by atoms with E-state index < -0.39 is 26.6 Å². The maximum atomic E-state index is 13.6. The fourth-order valence-electron chi connectivity index (χ4n) is 2.15. The van der Waals surface area contributed by atoms with Gasteiger partial charge in [-0.3, -0.25) is 9.40 Å². The molecule has 124 valence electrons. The van der Waals surface area contributed by atoms with Crippen LogP contribution in [0.3, 0.4) is 0 Å². The number of rotatable bonds is 5. The molecule has 0 saturated heterocycles. The molecule has 1 heterocycles. The number of nitrogens with one attached hydrogen (secondary N) is 1. The molecule has 0 bridgehead atoms. The lowest BCUT2D eigenvalue weighted by Crippen LogP contribution is -2.15. The third kappa shape index (κ3) is 3.60. The zero-order chi connectivity index (χ0) is 17.2. The molecule has 0 atom stereocenters.